The maximum Gasteiger partial charge on any atom is 0.0538 e. The van der Waals surface area contributed by atoms with Crippen LogP contribution in [0.3, 0.4) is 0 Å². The van der Waals surface area contributed by atoms with Crippen LogP contribution >= 0.6 is 0 Å². The largest absolute Gasteiger partial charge is 0.393 e. The first-order valence-corrected chi connectivity index (χ1v) is 6.70. The summed E-state index contributed by atoms with van der Waals surface area (Å²) in [4.78, 5) is 2.61. The smallest absolute Gasteiger partial charge is 0.0538 e. The van der Waals surface area contributed by atoms with Crippen LogP contribution in [0.5, 0.6) is 0 Å². The van der Waals surface area contributed by atoms with Gasteiger partial charge in [-0.15, -0.1) is 0 Å². The SMILES string of the molecule is CCC(O)CCCN(CC)C1CCCC1. The van der Waals surface area contributed by atoms with Crippen molar-refractivity contribution in [3.8, 4) is 0 Å². The van der Waals surface area contributed by atoms with Crippen molar-refractivity contribution in [2.45, 2.75) is 70.9 Å². The Balaban J connectivity index is 2.15. The standard InChI is InChI=1S/C13H27NO/c1-3-13(15)10-7-11-14(4-2)12-8-5-6-9-12/h12-13,15H,3-11H2,1-2H3. The van der Waals surface area contributed by atoms with Gasteiger partial charge in [-0.1, -0.05) is 26.7 Å². The molecule has 0 saturated heterocycles. The third-order valence-electron chi connectivity index (χ3n) is 3.70. The maximum absolute atomic E-state index is 9.49. The van der Waals surface area contributed by atoms with E-state index < -0.39 is 0 Å². The summed E-state index contributed by atoms with van der Waals surface area (Å²) < 4.78 is 0. The van der Waals surface area contributed by atoms with Crippen LogP contribution in [0.2, 0.25) is 0 Å². The Morgan fingerprint density at radius 1 is 1.27 bits per heavy atom. The Hall–Kier alpha value is -0.0800. The Bertz CT molecular complexity index is 155. The summed E-state index contributed by atoms with van der Waals surface area (Å²) >= 11 is 0. The lowest BCUT2D eigenvalue weighted by atomic mass is 10.1. The van der Waals surface area contributed by atoms with Gasteiger partial charge in [-0.25, -0.2) is 0 Å². The minimum atomic E-state index is -0.0766. The minimum Gasteiger partial charge on any atom is -0.393 e. The lowest BCUT2D eigenvalue weighted by Crippen LogP contribution is -2.34. The molecule has 90 valence electrons. The molecule has 0 radical (unpaired) electrons. The molecule has 0 spiro atoms. The quantitative estimate of drug-likeness (QED) is 0.703. The van der Waals surface area contributed by atoms with Gasteiger partial charge in [-0.2, -0.15) is 0 Å². The number of aliphatic hydroxyl groups excluding tert-OH is 1. The van der Waals surface area contributed by atoms with E-state index in [1.807, 2.05) is 0 Å². The van der Waals surface area contributed by atoms with Gasteiger partial charge < -0.3 is 10.0 Å². The van der Waals surface area contributed by atoms with Crippen molar-refractivity contribution in [3.05, 3.63) is 0 Å². The van der Waals surface area contributed by atoms with Crippen LogP contribution in [0.1, 0.15) is 58.8 Å². The second-order valence-electron chi connectivity index (χ2n) is 4.77. The van der Waals surface area contributed by atoms with Crippen molar-refractivity contribution in [3.63, 3.8) is 0 Å². The van der Waals surface area contributed by atoms with Crippen LogP contribution < -0.4 is 0 Å². The molecule has 2 heteroatoms. The topological polar surface area (TPSA) is 23.5 Å². The first-order valence-electron chi connectivity index (χ1n) is 6.70. The predicted molar refractivity (Wildman–Crippen MR) is 65.0 cm³/mol. The average molecular weight is 213 g/mol. The van der Waals surface area contributed by atoms with Gasteiger partial charge in [-0.05, 0) is 45.2 Å². The van der Waals surface area contributed by atoms with E-state index in [-0.39, 0.29) is 6.10 Å². The van der Waals surface area contributed by atoms with Crippen molar-refractivity contribution in [1.29, 1.82) is 0 Å². The van der Waals surface area contributed by atoms with Crippen molar-refractivity contribution in [2.24, 2.45) is 0 Å². The third kappa shape index (κ3) is 4.52. The number of hydrogen-bond donors (Lipinski definition) is 1. The average Bonchev–Trinajstić information content (AvgIpc) is 2.77. The number of nitrogens with zero attached hydrogens (tertiary/aromatic N) is 1. The van der Waals surface area contributed by atoms with Crippen molar-refractivity contribution >= 4 is 0 Å². The van der Waals surface area contributed by atoms with Gasteiger partial charge in [0.2, 0.25) is 0 Å². The van der Waals surface area contributed by atoms with Gasteiger partial charge in [-0.3, -0.25) is 0 Å². The maximum atomic E-state index is 9.49. The summed E-state index contributed by atoms with van der Waals surface area (Å²) in [6.45, 7) is 6.67. The highest BCUT2D eigenvalue weighted by Crippen LogP contribution is 2.23. The molecule has 1 atom stereocenters. The fourth-order valence-corrected chi connectivity index (χ4v) is 2.60. The fraction of sp³-hybridized carbons (Fsp3) is 1.00. The Morgan fingerprint density at radius 2 is 1.93 bits per heavy atom. The van der Waals surface area contributed by atoms with Crippen LogP contribution in [0.4, 0.5) is 0 Å². The zero-order valence-electron chi connectivity index (χ0n) is 10.4. The van der Waals surface area contributed by atoms with Crippen molar-refractivity contribution in [1.82, 2.24) is 4.90 Å². The highest BCUT2D eigenvalue weighted by molar-refractivity contribution is 4.76. The van der Waals surface area contributed by atoms with E-state index in [9.17, 15) is 5.11 Å². The molecule has 1 N–H and O–H groups in total. The van der Waals surface area contributed by atoms with E-state index >= 15 is 0 Å². The molecule has 0 amide bonds. The fourth-order valence-electron chi connectivity index (χ4n) is 2.60. The molecular formula is C13H27NO. The minimum absolute atomic E-state index is 0.0766. The molecule has 0 heterocycles. The molecule has 0 aromatic carbocycles. The van der Waals surface area contributed by atoms with Gasteiger partial charge in [0.15, 0.2) is 0 Å². The highest BCUT2D eigenvalue weighted by atomic mass is 16.3. The molecule has 2 nitrogen and oxygen atoms in total. The second kappa shape index (κ2) is 7.24. The van der Waals surface area contributed by atoms with Gasteiger partial charge in [0.25, 0.3) is 0 Å². The van der Waals surface area contributed by atoms with E-state index in [2.05, 4.69) is 18.7 Å². The summed E-state index contributed by atoms with van der Waals surface area (Å²) in [5, 5.41) is 9.49. The van der Waals surface area contributed by atoms with E-state index in [0.29, 0.717) is 0 Å². The Labute approximate surface area is 94.7 Å². The molecule has 1 fully saturated rings. The lowest BCUT2D eigenvalue weighted by molar-refractivity contribution is 0.141. The van der Waals surface area contributed by atoms with Gasteiger partial charge in [0.05, 0.1) is 6.10 Å². The van der Waals surface area contributed by atoms with Crippen LogP contribution in [-0.2, 0) is 0 Å². The number of hydrogen-bond acceptors (Lipinski definition) is 2. The molecular weight excluding hydrogens is 186 g/mol. The third-order valence-corrected chi connectivity index (χ3v) is 3.70. The molecule has 0 aromatic rings. The van der Waals surface area contributed by atoms with Crippen LogP contribution in [-0.4, -0.2) is 35.2 Å². The summed E-state index contributed by atoms with van der Waals surface area (Å²) in [7, 11) is 0. The van der Waals surface area contributed by atoms with Gasteiger partial charge >= 0.3 is 0 Å². The Kier molecular flexibility index (Phi) is 6.26. The summed E-state index contributed by atoms with van der Waals surface area (Å²) in [5.41, 5.74) is 0. The van der Waals surface area contributed by atoms with E-state index in [1.54, 1.807) is 0 Å². The van der Waals surface area contributed by atoms with Crippen LogP contribution in [0, 0.1) is 0 Å². The molecule has 1 unspecified atom stereocenters. The molecule has 0 aliphatic heterocycles. The first kappa shape index (κ1) is 13.0. The van der Waals surface area contributed by atoms with Crippen LogP contribution in [0.25, 0.3) is 0 Å². The summed E-state index contributed by atoms with van der Waals surface area (Å²) in [5.74, 6) is 0. The van der Waals surface area contributed by atoms with E-state index in [1.165, 1.54) is 38.8 Å². The highest BCUT2D eigenvalue weighted by Gasteiger charge is 2.20. The molecule has 1 rings (SSSR count). The van der Waals surface area contributed by atoms with Gasteiger partial charge in [0, 0.05) is 6.04 Å². The first-order chi connectivity index (χ1) is 7.27. The number of rotatable bonds is 7. The zero-order chi connectivity index (χ0) is 11.1. The monoisotopic (exact) mass is 213 g/mol. The summed E-state index contributed by atoms with van der Waals surface area (Å²) in [6.07, 6.45) is 8.56. The van der Waals surface area contributed by atoms with E-state index in [4.69, 9.17) is 0 Å². The molecule has 15 heavy (non-hydrogen) atoms. The normalized spacial score (nSPS) is 20.0. The second-order valence-corrected chi connectivity index (χ2v) is 4.77. The lowest BCUT2D eigenvalue weighted by Gasteiger charge is -2.27. The van der Waals surface area contributed by atoms with E-state index in [0.717, 1.165) is 25.3 Å². The zero-order valence-corrected chi connectivity index (χ0v) is 10.4. The van der Waals surface area contributed by atoms with Gasteiger partial charge in [0.1, 0.15) is 0 Å². The molecule has 1 aliphatic rings. The molecule has 1 aliphatic carbocycles. The van der Waals surface area contributed by atoms with Crippen LogP contribution in [0.15, 0.2) is 0 Å². The van der Waals surface area contributed by atoms with Crippen molar-refractivity contribution in [2.75, 3.05) is 13.1 Å². The summed E-state index contributed by atoms with van der Waals surface area (Å²) in [6, 6.07) is 0.841. The van der Waals surface area contributed by atoms with Crippen molar-refractivity contribution < 1.29 is 5.11 Å². The predicted octanol–water partition coefficient (Wildman–Crippen LogP) is 2.80. The molecule has 0 bridgehead atoms. The molecule has 0 aromatic heterocycles. The molecule has 1 saturated carbocycles. The Morgan fingerprint density at radius 3 is 2.47 bits per heavy atom. The number of aliphatic hydroxyl groups is 1.